The van der Waals surface area contributed by atoms with Crippen LogP contribution in [-0.2, 0) is 0 Å². The molecule has 4 heteroatoms. The fourth-order valence-corrected chi connectivity index (χ4v) is 2.32. The van der Waals surface area contributed by atoms with Gasteiger partial charge >= 0.3 is 0 Å². The summed E-state index contributed by atoms with van der Waals surface area (Å²) in [5.41, 5.74) is 2.25. The predicted octanol–water partition coefficient (Wildman–Crippen LogP) is 3.03. The van der Waals surface area contributed by atoms with Gasteiger partial charge in [0.15, 0.2) is 0 Å². The van der Waals surface area contributed by atoms with E-state index in [1.807, 2.05) is 36.6 Å². The van der Waals surface area contributed by atoms with Crippen molar-refractivity contribution < 1.29 is 4.79 Å². The van der Waals surface area contributed by atoms with Gasteiger partial charge in [-0.25, -0.2) is 0 Å². The number of aromatic nitrogens is 1. The maximum absolute atomic E-state index is 11.8. The summed E-state index contributed by atoms with van der Waals surface area (Å²) < 4.78 is 0. The molecule has 0 atom stereocenters. The molecule has 2 rings (SSSR count). The summed E-state index contributed by atoms with van der Waals surface area (Å²) in [5, 5.41) is 4.76. The Morgan fingerprint density at radius 2 is 2.33 bits per heavy atom. The molecule has 2 aromatic rings. The van der Waals surface area contributed by atoms with Crippen molar-refractivity contribution in [2.75, 3.05) is 6.54 Å². The van der Waals surface area contributed by atoms with Gasteiger partial charge in [0.1, 0.15) is 0 Å². The number of nitrogens with one attached hydrogen (secondary N) is 1. The fourth-order valence-electron chi connectivity index (χ4n) is 1.62. The number of hydrogen-bond acceptors (Lipinski definition) is 3. The summed E-state index contributed by atoms with van der Waals surface area (Å²) in [6.07, 6.45) is 1.65. The molecule has 2 aromatic heterocycles. The number of carbonyl (C=O) groups excluding carboxylic acids is 1. The van der Waals surface area contributed by atoms with Gasteiger partial charge in [0.2, 0.25) is 0 Å². The smallest absolute Gasteiger partial charge is 0.253 e. The molecule has 0 radical (unpaired) electrons. The molecular formula is C14H14N2OS. The number of carbonyl (C=O) groups is 1. The SMILES string of the molecule is C=CCNC(=O)c1ccc(-c2cccs2)nc1C. The molecule has 0 aliphatic heterocycles. The van der Waals surface area contributed by atoms with Crippen molar-refractivity contribution in [1.29, 1.82) is 0 Å². The lowest BCUT2D eigenvalue weighted by Crippen LogP contribution is -2.24. The summed E-state index contributed by atoms with van der Waals surface area (Å²) in [4.78, 5) is 17.4. The van der Waals surface area contributed by atoms with Crippen molar-refractivity contribution in [3.63, 3.8) is 0 Å². The van der Waals surface area contributed by atoms with Crippen LogP contribution in [0.25, 0.3) is 10.6 Å². The average molecular weight is 258 g/mol. The van der Waals surface area contributed by atoms with Gasteiger partial charge < -0.3 is 5.32 Å². The molecular weight excluding hydrogens is 244 g/mol. The lowest BCUT2D eigenvalue weighted by Gasteiger charge is -2.06. The van der Waals surface area contributed by atoms with Crippen LogP contribution in [0, 0.1) is 6.92 Å². The van der Waals surface area contributed by atoms with Crippen molar-refractivity contribution in [3.05, 3.63) is 53.6 Å². The van der Waals surface area contributed by atoms with E-state index in [0.29, 0.717) is 12.1 Å². The maximum Gasteiger partial charge on any atom is 0.253 e. The zero-order chi connectivity index (χ0) is 13.0. The average Bonchev–Trinajstić information content (AvgIpc) is 2.89. The largest absolute Gasteiger partial charge is 0.349 e. The van der Waals surface area contributed by atoms with Crippen LogP contribution in [0.5, 0.6) is 0 Å². The Bertz CT molecular complexity index is 561. The van der Waals surface area contributed by atoms with Crippen LogP contribution in [-0.4, -0.2) is 17.4 Å². The Morgan fingerprint density at radius 3 is 2.94 bits per heavy atom. The van der Waals surface area contributed by atoms with Crippen molar-refractivity contribution in [3.8, 4) is 10.6 Å². The normalized spacial score (nSPS) is 10.1. The maximum atomic E-state index is 11.8. The van der Waals surface area contributed by atoms with Crippen LogP contribution in [0.3, 0.4) is 0 Å². The van der Waals surface area contributed by atoms with Gasteiger partial charge in [-0.15, -0.1) is 17.9 Å². The number of hydrogen-bond donors (Lipinski definition) is 1. The second-order valence-corrected chi connectivity index (χ2v) is 4.75. The van der Waals surface area contributed by atoms with Crippen molar-refractivity contribution >= 4 is 17.2 Å². The lowest BCUT2D eigenvalue weighted by atomic mass is 10.1. The number of rotatable bonds is 4. The minimum absolute atomic E-state index is 0.113. The first-order valence-electron chi connectivity index (χ1n) is 5.63. The highest BCUT2D eigenvalue weighted by Crippen LogP contribution is 2.23. The second-order valence-electron chi connectivity index (χ2n) is 3.81. The molecule has 0 bridgehead atoms. The molecule has 18 heavy (non-hydrogen) atoms. The van der Waals surface area contributed by atoms with Crippen molar-refractivity contribution in [1.82, 2.24) is 10.3 Å². The molecule has 0 spiro atoms. The molecule has 1 N–H and O–H groups in total. The Labute approximate surface area is 110 Å². The van der Waals surface area contributed by atoms with Crippen molar-refractivity contribution in [2.45, 2.75) is 6.92 Å². The summed E-state index contributed by atoms with van der Waals surface area (Å²) in [6, 6.07) is 7.70. The highest BCUT2D eigenvalue weighted by atomic mass is 32.1. The third-order valence-electron chi connectivity index (χ3n) is 2.51. The number of amides is 1. The minimum atomic E-state index is -0.113. The van der Waals surface area contributed by atoms with E-state index in [1.54, 1.807) is 17.4 Å². The first kappa shape index (κ1) is 12.5. The first-order chi connectivity index (χ1) is 8.72. The van der Waals surface area contributed by atoms with Gasteiger partial charge in [0.25, 0.3) is 5.91 Å². The van der Waals surface area contributed by atoms with Gasteiger partial charge in [-0.05, 0) is 30.5 Å². The number of pyridine rings is 1. The van der Waals surface area contributed by atoms with E-state index in [0.717, 1.165) is 16.3 Å². The van der Waals surface area contributed by atoms with E-state index >= 15 is 0 Å². The van der Waals surface area contributed by atoms with Crippen LogP contribution < -0.4 is 5.32 Å². The zero-order valence-corrected chi connectivity index (χ0v) is 11.0. The molecule has 92 valence electrons. The molecule has 1 amide bonds. The van der Waals surface area contributed by atoms with E-state index in [4.69, 9.17) is 0 Å². The monoisotopic (exact) mass is 258 g/mol. The summed E-state index contributed by atoms with van der Waals surface area (Å²) >= 11 is 1.64. The third kappa shape index (κ3) is 2.65. The summed E-state index contributed by atoms with van der Waals surface area (Å²) in [6.45, 7) is 5.88. The van der Waals surface area contributed by atoms with E-state index in [-0.39, 0.29) is 5.91 Å². The second kappa shape index (κ2) is 5.60. The van der Waals surface area contributed by atoms with Crippen molar-refractivity contribution in [2.24, 2.45) is 0 Å². The highest BCUT2D eigenvalue weighted by Gasteiger charge is 2.10. The Hall–Kier alpha value is -1.94. The number of aryl methyl sites for hydroxylation is 1. The predicted molar refractivity (Wildman–Crippen MR) is 74.8 cm³/mol. The Morgan fingerprint density at radius 1 is 1.50 bits per heavy atom. The van der Waals surface area contributed by atoms with Crippen LogP contribution >= 0.6 is 11.3 Å². The minimum Gasteiger partial charge on any atom is -0.349 e. The van der Waals surface area contributed by atoms with Gasteiger partial charge in [-0.3, -0.25) is 9.78 Å². The molecule has 0 aliphatic carbocycles. The summed E-state index contributed by atoms with van der Waals surface area (Å²) in [7, 11) is 0. The first-order valence-corrected chi connectivity index (χ1v) is 6.51. The summed E-state index contributed by atoms with van der Waals surface area (Å²) in [5.74, 6) is -0.113. The molecule has 0 saturated heterocycles. The standard InChI is InChI=1S/C14H14N2OS/c1-3-8-15-14(17)11-6-7-12(16-10(11)2)13-5-4-9-18-13/h3-7,9H,1,8H2,2H3,(H,15,17). The Balaban J connectivity index is 2.25. The van der Waals surface area contributed by atoms with Crippen LogP contribution in [0.1, 0.15) is 16.1 Å². The topological polar surface area (TPSA) is 42.0 Å². The van der Waals surface area contributed by atoms with E-state index in [9.17, 15) is 4.79 Å². The molecule has 0 saturated carbocycles. The van der Waals surface area contributed by atoms with E-state index < -0.39 is 0 Å². The van der Waals surface area contributed by atoms with Crippen LogP contribution in [0.4, 0.5) is 0 Å². The molecule has 2 heterocycles. The van der Waals surface area contributed by atoms with Gasteiger partial charge in [-0.1, -0.05) is 12.1 Å². The fraction of sp³-hybridized carbons (Fsp3) is 0.143. The van der Waals surface area contributed by atoms with Gasteiger partial charge in [0, 0.05) is 6.54 Å². The molecule has 0 aromatic carbocycles. The lowest BCUT2D eigenvalue weighted by molar-refractivity contribution is 0.0957. The van der Waals surface area contributed by atoms with E-state index in [2.05, 4.69) is 16.9 Å². The Kier molecular flexibility index (Phi) is 3.89. The van der Waals surface area contributed by atoms with Crippen LogP contribution in [0.15, 0.2) is 42.3 Å². The van der Waals surface area contributed by atoms with Gasteiger partial charge in [-0.2, -0.15) is 0 Å². The van der Waals surface area contributed by atoms with Crippen LogP contribution in [0.2, 0.25) is 0 Å². The highest BCUT2D eigenvalue weighted by molar-refractivity contribution is 7.13. The van der Waals surface area contributed by atoms with E-state index in [1.165, 1.54) is 0 Å². The number of thiophene rings is 1. The molecule has 0 fully saturated rings. The molecule has 0 aliphatic rings. The number of nitrogens with zero attached hydrogens (tertiary/aromatic N) is 1. The zero-order valence-electron chi connectivity index (χ0n) is 10.1. The third-order valence-corrected chi connectivity index (χ3v) is 3.40. The quantitative estimate of drug-likeness (QED) is 0.856. The molecule has 0 unspecified atom stereocenters. The van der Waals surface area contributed by atoms with Gasteiger partial charge in [0.05, 0.1) is 21.8 Å². The molecule has 3 nitrogen and oxygen atoms in total.